The summed E-state index contributed by atoms with van der Waals surface area (Å²) in [4.78, 5) is 4.55. The van der Waals surface area contributed by atoms with Gasteiger partial charge in [0.05, 0.1) is 0 Å². The first-order valence-corrected chi connectivity index (χ1v) is 7.21. The Morgan fingerprint density at radius 1 is 1.26 bits per heavy atom. The van der Waals surface area contributed by atoms with Gasteiger partial charge in [0.25, 0.3) is 0 Å². The Morgan fingerprint density at radius 2 is 2.11 bits per heavy atom. The van der Waals surface area contributed by atoms with E-state index in [0.717, 1.165) is 23.4 Å². The SMILES string of the molecule is Cc1ccn2nc(NC3CCC(C)C(C)C3)nc2c1. The Morgan fingerprint density at radius 3 is 2.89 bits per heavy atom. The number of aryl methyl sites for hydroxylation is 1. The third-order valence-corrected chi connectivity index (χ3v) is 4.42. The van der Waals surface area contributed by atoms with Crippen LogP contribution in [0, 0.1) is 18.8 Å². The van der Waals surface area contributed by atoms with Crippen LogP contribution in [0.25, 0.3) is 5.65 Å². The van der Waals surface area contributed by atoms with Gasteiger partial charge in [-0.05, 0) is 55.7 Å². The van der Waals surface area contributed by atoms with E-state index in [0.29, 0.717) is 6.04 Å². The maximum absolute atomic E-state index is 4.55. The van der Waals surface area contributed by atoms with Crippen LogP contribution in [0.5, 0.6) is 0 Å². The Bertz CT molecular complexity index is 575. The lowest BCUT2D eigenvalue weighted by molar-refractivity contribution is 0.260. The summed E-state index contributed by atoms with van der Waals surface area (Å²) in [6.45, 7) is 6.78. The average molecular weight is 258 g/mol. The molecule has 0 radical (unpaired) electrons. The molecule has 0 bridgehead atoms. The van der Waals surface area contributed by atoms with E-state index in [2.05, 4.69) is 48.3 Å². The van der Waals surface area contributed by atoms with Gasteiger partial charge in [-0.15, -0.1) is 5.10 Å². The normalized spacial score (nSPS) is 27.6. The van der Waals surface area contributed by atoms with Gasteiger partial charge in [-0.3, -0.25) is 0 Å². The fraction of sp³-hybridized carbons (Fsp3) is 0.600. The molecule has 2 aromatic rings. The lowest BCUT2D eigenvalue weighted by Crippen LogP contribution is -2.30. The zero-order valence-electron chi connectivity index (χ0n) is 11.9. The lowest BCUT2D eigenvalue weighted by Gasteiger charge is -2.32. The van der Waals surface area contributed by atoms with Gasteiger partial charge in [-0.2, -0.15) is 4.98 Å². The van der Waals surface area contributed by atoms with E-state index in [1.165, 1.54) is 24.8 Å². The van der Waals surface area contributed by atoms with Gasteiger partial charge in [-0.1, -0.05) is 13.8 Å². The fourth-order valence-corrected chi connectivity index (χ4v) is 2.91. The quantitative estimate of drug-likeness (QED) is 0.899. The third-order valence-electron chi connectivity index (χ3n) is 4.42. The number of rotatable bonds is 2. The second-order valence-corrected chi connectivity index (χ2v) is 6.05. The van der Waals surface area contributed by atoms with Crippen molar-refractivity contribution < 1.29 is 0 Å². The second kappa shape index (κ2) is 4.83. The minimum Gasteiger partial charge on any atom is -0.350 e. The molecule has 1 aliphatic carbocycles. The molecular formula is C15H22N4. The van der Waals surface area contributed by atoms with Crippen molar-refractivity contribution in [3.05, 3.63) is 23.9 Å². The molecule has 3 rings (SSSR count). The monoisotopic (exact) mass is 258 g/mol. The maximum atomic E-state index is 4.55. The van der Waals surface area contributed by atoms with Crippen molar-refractivity contribution in [3.8, 4) is 0 Å². The Hall–Kier alpha value is -1.58. The summed E-state index contributed by atoms with van der Waals surface area (Å²) in [7, 11) is 0. The molecule has 0 saturated heterocycles. The second-order valence-electron chi connectivity index (χ2n) is 6.05. The molecule has 2 heterocycles. The summed E-state index contributed by atoms with van der Waals surface area (Å²) in [5.74, 6) is 2.39. The number of anilines is 1. The topological polar surface area (TPSA) is 42.2 Å². The molecule has 1 N–H and O–H groups in total. The molecule has 102 valence electrons. The highest BCUT2D eigenvalue weighted by molar-refractivity contribution is 5.45. The van der Waals surface area contributed by atoms with Gasteiger partial charge in [0.15, 0.2) is 5.65 Å². The molecule has 3 unspecified atom stereocenters. The van der Waals surface area contributed by atoms with Crippen molar-refractivity contribution in [2.45, 2.75) is 46.1 Å². The van der Waals surface area contributed by atoms with Crippen molar-refractivity contribution in [1.29, 1.82) is 0 Å². The van der Waals surface area contributed by atoms with Crippen molar-refractivity contribution in [2.24, 2.45) is 11.8 Å². The number of fused-ring (bicyclic) bond motifs is 1. The lowest BCUT2D eigenvalue weighted by atomic mass is 9.79. The third kappa shape index (κ3) is 2.57. The zero-order valence-corrected chi connectivity index (χ0v) is 11.9. The first kappa shape index (κ1) is 12.5. The summed E-state index contributed by atoms with van der Waals surface area (Å²) in [6, 6.07) is 4.63. The molecule has 1 aliphatic rings. The summed E-state index contributed by atoms with van der Waals surface area (Å²) < 4.78 is 1.84. The summed E-state index contributed by atoms with van der Waals surface area (Å²) in [5.41, 5.74) is 2.13. The van der Waals surface area contributed by atoms with Gasteiger partial charge < -0.3 is 5.32 Å². The van der Waals surface area contributed by atoms with Crippen LogP contribution >= 0.6 is 0 Å². The number of pyridine rings is 1. The van der Waals surface area contributed by atoms with E-state index in [9.17, 15) is 0 Å². The highest BCUT2D eigenvalue weighted by atomic mass is 15.3. The van der Waals surface area contributed by atoms with E-state index < -0.39 is 0 Å². The summed E-state index contributed by atoms with van der Waals surface area (Å²) in [5, 5.41) is 7.98. The van der Waals surface area contributed by atoms with Crippen LogP contribution in [0.4, 0.5) is 5.95 Å². The molecule has 19 heavy (non-hydrogen) atoms. The Kier molecular flexibility index (Phi) is 3.17. The molecule has 1 fully saturated rings. The van der Waals surface area contributed by atoms with Crippen LogP contribution in [0.15, 0.2) is 18.3 Å². The molecule has 1 saturated carbocycles. The van der Waals surface area contributed by atoms with Crippen molar-refractivity contribution in [2.75, 3.05) is 5.32 Å². The zero-order chi connectivity index (χ0) is 13.4. The predicted molar refractivity (Wildman–Crippen MR) is 77.3 cm³/mol. The first-order valence-electron chi connectivity index (χ1n) is 7.21. The highest BCUT2D eigenvalue weighted by Crippen LogP contribution is 2.30. The molecule has 0 spiro atoms. The smallest absolute Gasteiger partial charge is 0.243 e. The number of nitrogens with zero attached hydrogens (tertiary/aromatic N) is 3. The average Bonchev–Trinajstić information content (AvgIpc) is 2.75. The van der Waals surface area contributed by atoms with E-state index in [1.54, 1.807) is 0 Å². The molecule has 4 nitrogen and oxygen atoms in total. The molecule has 0 amide bonds. The Balaban J connectivity index is 1.74. The van der Waals surface area contributed by atoms with Crippen molar-refractivity contribution in [3.63, 3.8) is 0 Å². The van der Waals surface area contributed by atoms with Crippen LogP contribution in [0.1, 0.15) is 38.7 Å². The fourth-order valence-electron chi connectivity index (χ4n) is 2.91. The number of hydrogen-bond donors (Lipinski definition) is 1. The van der Waals surface area contributed by atoms with Gasteiger partial charge in [0.1, 0.15) is 0 Å². The molecule has 3 atom stereocenters. The minimum atomic E-state index is 0.518. The highest BCUT2D eigenvalue weighted by Gasteiger charge is 2.25. The van der Waals surface area contributed by atoms with Crippen LogP contribution in [-0.4, -0.2) is 20.6 Å². The number of nitrogens with one attached hydrogen (secondary N) is 1. The minimum absolute atomic E-state index is 0.518. The van der Waals surface area contributed by atoms with Crippen LogP contribution in [0.3, 0.4) is 0 Å². The number of aromatic nitrogens is 3. The molecule has 2 aromatic heterocycles. The van der Waals surface area contributed by atoms with Gasteiger partial charge >= 0.3 is 0 Å². The summed E-state index contributed by atoms with van der Waals surface area (Å²) >= 11 is 0. The molecular weight excluding hydrogens is 236 g/mol. The number of hydrogen-bond acceptors (Lipinski definition) is 3. The van der Waals surface area contributed by atoms with E-state index in [4.69, 9.17) is 0 Å². The van der Waals surface area contributed by atoms with Crippen LogP contribution in [0.2, 0.25) is 0 Å². The predicted octanol–water partition coefficient (Wildman–Crippen LogP) is 3.27. The standard InChI is InChI=1S/C15H22N4/c1-10-6-7-19-14(8-10)17-15(18-19)16-13-5-4-11(2)12(3)9-13/h6-8,11-13H,4-5,9H2,1-3H3,(H,16,18). The van der Waals surface area contributed by atoms with Gasteiger partial charge in [0.2, 0.25) is 5.95 Å². The largest absolute Gasteiger partial charge is 0.350 e. The van der Waals surface area contributed by atoms with Crippen molar-refractivity contribution in [1.82, 2.24) is 14.6 Å². The van der Waals surface area contributed by atoms with Crippen LogP contribution < -0.4 is 5.32 Å². The van der Waals surface area contributed by atoms with Crippen molar-refractivity contribution >= 4 is 11.6 Å². The molecule has 0 aliphatic heterocycles. The van der Waals surface area contributed by atoms with Crippen LogP contribution in [-0.2, 0) is 0 Å². The Labute approximate surface area is 114 Å². The summed E-state index contributed by atoms with van der Waals surface area (Å²) in [6.07, 6.45) is 5.70. The molecule has 0 aromatic carbocycles. The van der Waals surface area contributed by atoms with E-state index >= 15 is 0 Å². The van der Waals surface area contributed by atoms with E-state index in [1.807, 2.05) is 10.7 Å². The van der Waals surface area contributed by atoms with Gasteiger partial charge in [-0.25, -0.2) is 4.52 Å². The molecule has 4 heteroatoms. The first-order chi connectivity index (χ1) is 9.11. The maximum Gasteiger partial charge on any atom is 0.243 e. The van der Waals surface area contributed by atoms with Gasteiger partial charge in [0, 0.05) is 12.2 Å². The van der Waals surface area contributed by atoms with E-state index in [-0.39, 0.29) is 0 Å².